The average molecular weight is 442 g/mol. The Balaban J connectivity index is 1.93. The van der Waals surface area contributed by atoms with Gasteiger partial charge in [-0.05, 0) is 43.3 Å². The Bertz CT molecular complexity index is 1220. The number of rotatable bonds is 7. The van der Waals surface area contributed by atoms with Gasteiger partial charge in [0.1, 0.15) is 11.4 Å². The fourth-order valence-electron chi connectivity index (χ4n) is 4.09. The predicted molar refractivity (Wildman–Crippen MR) is 133 cm³/mol. The molecule has 0 unspecified atom stereocenters. The number of imide groups is 1. The van der Waals surface area contributed by atoms with Crippen LogP contribution in [0.25, 0.3) is 5.57 Å². The Hall–Kier alpha value is -4.06. The van der Waals surface area contributed by atoms with Crippen LogP contribution in [0.1, 0.15) is 12.5 Å². The zero-order valence-electron chi connectivity index (χ0n) is 19.3. The average Bonchev–Trinajstić information content (AvgIpc) is 3.10. The molecule has 0 saturated heterocycles. The highest BCUT2D eigenvalue weighted by Crippen LogP contribution is 2.40. The SMILES string of the molecule is CCN(C1=C(c2ccccc2OC)C(=O)N(c2cccc(N(C)C)c2)C1=O)c1ccccc1. The van der Waals surface area contributed by atoms with Gasteiger partial charge in [0.25, 0.3) is 11.8 Å². The van der Waals surface area contributed by atoms with Gasteiger partial charge in [-0.15, -0.1) is 0 Å². The van der Waals surface area contributed by atoms with E-state index >= 15 is 0 Å². The molecule has 6 heteroatoms. The third-order valence-electron chi connectivity index (χ3n) is 5.69. The molecule has 1 aliphatic rings. The maximum Gasteiger partial charge on any atom is 0.282 e. The summed E-state index contributed by atoms with van der Waals surface area (Å²) in [6.07, 6.45) is 0. The highest BCUT2D eigenvalue weighted by molar-refractivity contribution is 6.46. The van der Waals surface area contributed by atoms with Gasteiger partial charge in [-0.2, -0.15) is 0 Å². The first-order valence-electron chi connectivity index (χ1n) is 10.8. The van der Waals surface area contributed by atoms with Crippen molar-refractivity contribution in [1.82, 2.24) is 0 Å². The standard InChI is InChI=1S/C27H27N3O3/c1-5-29(19-12-7-6-8-13-19)25-24(22-16-9-10-17-23(22)33-4)26(31)30(27(25)32)21-15-11-14-20(18-21)28(2)3/h6-18H,5H2,1-4H3. The number of ether oxygens (including phenoxy) is 1. The van der Waals surface area contributed by atoms with E-state index in [1.165, 1.54) is 4.90 Å². The van der Waals surface area contributed by atoms with Crippen molar-refractivity contribution in [2.75, 3.05) is 42.4 Å². The molecule has 0 spiro atoms. The summed E-state index contributed by atoms with van der Waals surface area (Å²) in [5.41, 5.74) is 3.53. The van der Waals surface area contributed by atoms with Crippen molar-refractivity contribution in [2.24, 2.45) is 0 Å². The van der Waals surface area contributed by atoms with E-state index in [2.05, 4.69) is 0 Å². The van der Waals surface area contributed by atoms with Crippen molar-refractivity contribution in [2.45, 2.75) is 6.92 Å². The second-order valence-corrected chi connectivity index (χ2v) is 7.86. The largest absolute Gasteiger partial charge is 0.496 e. The number of methoxy groups -OCH3 is 1. The Kier molecular flexibility index (Phi) is 6.18. The van der Waals surface area contributed by atoms with E-state index in [-0.39, 0.29) is 11.8 Å². The number of hydrogen-bond donors (Lipinski definition) is 0. The molecule has 4 rings (SSSR count). The fraction of sp³-hybridized carbons (Fsp3) is 0.185. The Morgan fingerprint density at radius 1 is 0.818 bits per heavy atom. The smallest absolute Gasteiger partial charge is 0.282 e. The Morgan fingerprint density at radius 2 is 1.48 bits per heavy atom. The molecule has 0 aliphatic carbocycles. The molecule has 0 atom stereocenters. The van der Waals surface area contributed by atoms with Gasteiger partial charge in [0, 0.05) is 37.6 Å². The number of anilines is 3. The van der Waals surface area contributed by atoms with Gasteiger partial charge in [0.05, 0.1) is 18.4 Å². The third kappa shape index (κ3) is 3.96. The molecule has 0 N–H and O–H groups in total. The van der Waals surface area contributed by atoms with E-state index in [1.54, 1.807) is 19.2 Å². The van der Waals surface area contributed by atoms with E-state index in [0.29, 0.717) is 34.8 Å². The van der Waals surface area contributed by atoms with Crippen molar-refractivity contribution in [3.8, 4) is 5.75 Å². The molecule has 3 aromatic carbocycles. The number of nitrogens with zero attached hydrogens (tertiary/aromatic N) is 3. The van der Waals surface area contributed by atoms with Gasteiger partial charge >= 0.3 is 0 Å². The van der Waals surface area contributed by atoms with Crippen LogP contribution in [-0.2, 0) is 9.59 Å². The molecule has 1 aliphatic heterocycles. The van der Waals surface area contributed by atoms with Crippen LogP contribution in [-0.4, -0.2) is 39.6 Å². The number of para-hydroxylation sites is 2. The minimum atomic E-state index is -0.371. The van der Waals surface area contributed by atoms with Gasteiger partial charge in [-0.1, -0.05) is 42.5 Å². The maximum atomic E-state index is 13.9. The van der Waals surface area contributed by atoms with Crippen LogP contribution in [0, 0.1) is 0 Å². The molecule has 0 radical (unpaired) electrons. The van der Waals surface area contributed by atoms with Crippen LogP contribution in [0.2, 0.25) is 0 Å². The van der Waals surface area contributed by atoms with Crippen LogP contribution >= 0.6 is 0 Å². The minimum absolute atomic E-state index is 0.332. The first-order valence-corrected chi connectivity index (χ1v) is 10.8. The first kappa shape index (κ1) is 22.1. The van der Waals surface area contributed by atoms with Crippen molar-refractivity contribution in [1.29, 1.82) is 0 Å². The van der Waals surface area contributed by atoms with E-state index < -0.39 is 0 Å². The summed E-state index contributed by atoms with van der Waals surface area (Å²) in [5, 5.41) is 0. The predicted octanol–water partition coefficient (Wildman–Crippen LogP) is 4.57. The zero-order chi connectivity index (χ0) is 23.5. The van der Waals surface area contributed by atoms with Gasteiger partial charge in [-0.25, -0.2) is 4.90 Å². The highest BCUT2D eigenvalue weighted by atomic mass is 16.5. The summed E-state index contributed by atoms with van der Waals surface area (Å²) in [6, 6.07) is 24.3. The summed E-state index contributed by atoms with van der Waals surface area (Å²) >= 11 is 0. The minimum Gasteiger partial charge on any atom is -0.496 e. The lowest BCUT2D eigenvalue weighted by Crippen LogP contribution is -2.35. The molecular weight excluding hydrogens is 414 g/mol. The van der Waals surface area contributed by atoms with Gasteiger partial charge in [-0.3, -0.25) is 9.59 Å². The molecular formula is C27H27N3O3. The first-order chi connectivity index (χ1) is 16.0. The van der Waals surface area contributed by atoms with Crippen LogP contribution < -0.4 is 19.4 Å². The van der Waals surface area contributed by atoms with Crippen molar-refractivity contribution in [3.05, 3.63) is 90.1 Å². The number of amides is 2. The second-order valence-electron chi connectivity index (χ2n) is 7.86. The molecule has 0 aromatic heterocycles. The van der Waals surface area contributed by atoms with Gasteiger partial charge in [0.15, 0.2) is 0 Å². The molecule has 0 fully saturated rings. The molecule has 6 nitrogen and oxygen atoms in total. The normalized spacial score (nSPS) is 13.5. The lowest BCUT2D eigenvalue weighted by atomic mass is 10.0. The molecule has 168 valence electrons. The number of hydrogen-bond acceptors (Lipinski definition) is 5. The molecule has 2 amide bonds. The molecule has 0 bridgehead atoms. The molecule has 1 heterocycles. The van der Waals surface area contributed by atoms with E-state index in [4.69, 9.17) is 4.74 Å². The maximum absolute atomic E-state index is 13.9. The van der Waals surface area contributed by atoms with Gasteiger partial charge in [0.2, 0.25) is 0 Å². The second kappa shape index (κ2) is 9.20. The van der Waals surface area contributed by atoms with E-state index in [0.717, 1.165) is 11.4 Å². The monoisotopic (exact) mass is 441 g/mol. The summed E-state index contributed by atoms with van der Waals surface area (Å²) in [7, 11) is 5.41. The third-order valence-corrected chi connectivity index (χ3v) is 5.69. The Morgan fingerprint density at radius 3 is 2.15 bits per heavy atom. The van der Waals surface area contributed by atoms with Crippen molar-refractivity contribution in [3.63, 3.8) is 0 Å². The summed E-state index contributed by atoms with van der Waals surface area (Å²) in [6.45, 7) is 2.48. The number of benzene rings is 3. The molecule has 3 aromatic rings. The quantitative estimate of drug-likeness (QED) is 0.503. The molecule has 0 saturated carbocycles. The van der Waals surface area contributed by atoms with Gasteiger partial charge < -0.3 is 14.5 Å². The van der Waals surface area contributed by atoms with Crippen LogP contribution in [0.3, 0.4) is 0 Å². The van der Waals surface area contributed by atoms with Crippen LogP contribution in [0.5, 0.6) is 5.75 Å². The van der Waals surface area contributed by atoms with Crippen LogP contribution in [0.15, 0.2) is 84.6 Å². The lowest BCUT2D eigenvalue weighted by Gasteiger charge is -2.25. The van der Waals surface area contributed by atoms with Crippen molar-refractivity contribution < 1.29 is 14.3 Å². The lowest BCUT2D eigenvalue weighted by molar-refractivity contribution is -0.120. The number of carbonyl (C=O) groups excluding carboxylic acids is 2. The summed E-state index contributed by atoms with van der Waals surface area (Å²) in [5.74, 6) is -0.188. The zero-order valence-corrected chi connectivity index (χ0v) is 19.3. The number of carbonyl (C=O) groups is 2. The Labute approximate surface area is 194 Å². The topological polar surface area (TPSA) is 53.1 Å². The molecule has 33 heavy (non-hydrogen) atoms. The van der Waals surface area contributed by atoms with E-state index in [9.17, 15) is 9.59 Å². The van der Waals surface area contributed by atoms with Crippen LogP contribution in [0.4, 0.5) is 17.1 Å². The van der Waals surface area contributed by atoms with Crippen molar-refractivity contribution >= 4 is 34.4 Å². The number of likely N-dealkylation sites (N-methyl/N-ethyl adjacent to an activating group) is 1. The summed E-state index contributed by atoms with van der Waals surface area (Å²) in [4.78, 5) is 32.9. The fourth-order valence-corrected chi connectivity index (χ4v) is 4.09. The van der Waals surface area contributed by atoms with E-state index in [1.807, 2.05) is 97.5 Å². The highest BCUT2D eigenvalue weighted by Gasteiger charge is 2.43. The summed E-state index contributed by atoms with van der Waals surface area (Å²) < 4.78 is 5.56.